The molecule has 0 amide bonds. The topological polar surface area (TPSA) is 38.0 Å². The van der Waals surface area contributed by atoms with Crippen LogP contribution in [0.2, 0.25) is 0 Å². The molecule has 3 nitrogen and oxygen atoms in total. The molecule has 0 aromatic heterocycles. The Morgan fingerprint density at radius 3 is 2.93 bits per heavy atom. The van der Waals surface area contributed by atoms with E-state index in [0.717, 1.165) is 26.9 Å². The standard InChI is InChI=1S/C11H8N2O/c14-13-6-5-11-9(7-13)8-3-1-2-4-10(8)12-11/h1-7,14H. The van der Waals surface area contributed by atoms with Gasteiger partial charge in [-0.05, 0) is 12.1 Å². The van der Waals surface area contributed by atoms with Crippen LogP contribution in [0.5, 0.6) is 0 Å². The number of rotatable bonds is 0. The maximum absolute atomic E-state index is 9.30. The van der Waals surface area contributed by atoms with E-state index < -0.39 is 0 Å². The van der Waals surface area contributed by atoms with Gasteiger partial charge in [-0.2, -0.15) is 0 Å². The molecule has 1 aromatic rings. The van der Waals surface area contributed by atoms with Crippen molar-refractivity contribution >= 4 is 10.9 Å². The van der Waals surface area contributed by atoms with Crippen LogP contribution >= 0.6 is 0 Å². The lowest BCUT2D eigenvalue weighted by Gasteiger charge is -2.00. The Labute approximate surface area is 80.5 Å². The first-order valence-corrected chi connectivity index (χ1v) is 4.40. The summed E-state index contributed by atoms with van der Waals surface area (Å²) in [6.45, 7) is 0. The van der Waals surface area contributed by atoms with Crippen molar-refractivity contribution in [3.63, 3.8) is 0 Å². The second-order valence-corrected chi connectivity index (χ2v) is 3.25. The summed E-state index contributed by atoms with van der Waals surface area (Å²) in [6, 6.07) is 9.70. The van der Waals surface area contributed by atoms with Crippen LogP contribution < -0.4 is 0 Å². The Morgan fingerprint density at radius 2 is 2.00 bits per heavy atom. The molecule has 0 saturated heterocycles. The third kappa shape index (κ3) is 0.893. The molecule has 0 radical (unpaired) electrons. The summed E-state index contributed by atoms with van der Waals surface area (Å²) >= 11 is 0. The number of para-hydroxylation sites is 1. The Bertz CT molecular complexity index is 571. The fraction of sp³-hybridized carbons (Fsp3) is 0. The predicted molar refractivity (Wildman–Crippen MR) is 53.5 cm³/mol. The van der Waals surface area contributed by atoms with E-state index in [1.165, 1.54) is 0 Å². The average molecular weight is 184 g/mol. The number of pyridine rings is 1. The van der Waals surface area contributed by atoms with E-state index >= 15 is 0 Å². The van der Waals surface area contributed by atoms with Gasteiger partial charge in [0.25, 0.3) is 0 Å². The highest BCUT2D eigenvalue weighted by Crippen LogP contribution is 2.29. The lowest BCUT2D eigenvalue weighted by molar-refractivity contribution is 0.185. The monoisotopic (exact) mass is 184 g/mol. The molecule has 3 rings (SSSR count). The zero-order chi connectivity index (χ0) is 9.54. The highest BCUT2D eigenvalue weighted by molar-refractivity contribution is 5.96. The summed E-state index contributed by atoms with van der Waals surface area (Å²) in [4.78, 5) is 4.43. The lowest BCUT2D eigenvalue weighted by Crippen LogP contribution is -1.91. The Hall–Kier alpha value is -2.03. The molecule has 68 valence electrons. The molecule has 1 N–H and O–H groups in total. The summed E-state index contributed by atoms with van der Waals surface area (Å²) in [5.41, 5.74) is 2.86. The predicted octanol–water partition coefficient (Wildman–Crippen LogP) is 2.38. The van der Waals surface area contributed by atoms with E-state index in [-0.39, 0.29) is 0 Å². The molecular formula is C11H8N2O. The zero-order valence-electron chi connectivity index (χ0n) is 7.38. The van der Waals surface area contributed by atoms with Crippen molar-refractivity contribution in [2.75, 3.05) is 0 Å². The molecule has 0 saturated carbocycles. The minimum absolute atomic E-state index is 0.913. The van der Waals surface area contributed by atoms with Crippen molar-refractivity contribution in [3.05, 3.63) is 42.7 Å². The number of nitrogens with zero attached hydrogens (tertiary/aromatic N) is 2. The van der Waals surface area contributed by atoms with Crippen LogP contribution in [0, 0.1) is 0 Å². The first kappa shape index (κ1) is 7.38. The van der Waals surface area contributed by atoms with E-state index in [0.29, 0.717) is 0 Å². The number of hydrogen-bond acceptors (Lipinski definition) is 2. The van der Waals surface area contributed by atoms with Crippen LogP contribution in [0.15, 0.2) is 42.7 Å². The molecule has 1 aromatic carbocycles. The van der Waals surface area contributed by atoms with Gasteiger partial charge < -0.3 is 5.21 Å². The summed E-state index contributed by atoms with van der Waals surface area (Å²) < 4.78 is 1.05. The van der Waals surface area contributed by atoms with Crippen LogP contribution in [0.1, 0.15) is 0 Å². The molecule has 3 heteroatoms. The summed E-state index contributed by atoms with van der Waals surface area (Å²) in [5, 5.41) is 10.4. The molecule has 0 fully saturated rings. The Balaban J connectivity index is 2.52. The quantitative estimate of drug-likeness (QED) is 0.545. The van der Waals surface area contributed by atoms with Crippen LogP contribution in [0.3, 0.4) is 0 Å². The number of fused-ring (bicyclic) bond motifs is 3. The van der Waals surface area contributed by atoms with Gasteiger partial charge in [-0.15, -0.1) is 0 Å². The normalized spacial score (nSPS) is 11.1. The van der Waals surface area contributed by atoms with Gasteiger partial charge >= 0.3 is 0 Å². The van der Waals surface area contributed by atoms with Gasteiger partial charge in [0.1, 0.15) is 0 Å². The zero-order valence-corrected chi connectivity index (χ0v) is 7.38. The number of benzene rings is 1. The highest BCUT2D eigenvalue weighted by Gasteiger charge is 2.10. The van der Waals surface area contributed by atoms with Crippen LogP contribution in [-0.4, -0.2) is 14.9 Å². The lowest BCUT2D eigenvalue weighted by atomic mass is 10.1. The Kier molecular flexibility index (Phi) is 1.31. The molecule has 2 aliphatic rings. The summed E-state index contributed by atoms with van der Waals surface area (Å²) in [5.74, 6) is 0. The van der Waals surface area contributed by atoms with Gasteiger partial charge in [0.05, 0.1) is 17.4 Å². The fourth-order valence-corrected chi connectivity index (χ4v) is 1.71. The van der Waals surface area contributed by atoms with Gasteiger partial charge in [0, 0.05) is 17.1 Å². The molecule has 2 heterocycles. The molecule has 0 unspecified atom stereocenters. The van der Waals surface area contributed by atoms with Gasteiger partial charge in [-0.3, -0.25) is 0 Å². The van der Waals surface area contributed by atoms with E-state index in [2.05, 4.69) is 4.98 Å². The van der Waals surface area contributed by atoms with Crippen molar-refractivity contribution in [3.8, 4) is 11.3 Å². The number of hydrogen-bond donors (Lipinski definition) is 1. The van der Waals surface area contributed by atoms with Gasteiger partial charge in [-0.25, -0.2) is 9.71 Å². The Morgan fingerprint density at radius 1 is 1.14 bits per heavy atom. The second kappa shape index (κ2) is 2.48. The van der Waals surface area contributed by atoms with Crippen molar-refractivity contribution < 1.29 is 5.21 Å². The molecular weight excluding hydrogens is 176 g/mol. The van der Waals surface area contributed by atoms with E-state index in [4.69, 9.17) is 0 Å². The van der Waals surface area contributed by atoms with Gasteiger partial charge in [0.15, 0.2) is 0 Å². The minimum Gasteiger partial charge on any atom is -0.429 e. The molecule has 0 aliphatic carbocycles. The van der Waals surface area contributed by atoms with Crippen molar-refractivity contribution in [2.45, 2.75) is 0 Å². The third-order valence-electron chi connectivity index (χ3n) is 2.36. The van der Waals surface area contributed by atoms with E-state index in [1.54, 1.807) is 18.5 Å². The van der Waals surface area contributed by atoms with Crippen LogP contribution in [-0.2, 0) is 0 Å². The largest absolute Gasteiger partial charge is 0.429 e. The van der Waals surface area contributed by atoms with Gasteiger partial charge in [-0.1, -0.05) is 18.2 Å². The SMILES string of the molecule is On1ccc2nc3ccccc3c-2c1. The minimum atomic E-state index is 0.913. The molecule has 0 spiro atoms. The van der Waals surface area contributed by atoms with Crippen molar-refractivity contribution in [1.29, 1.82) is 0 Å². The molecule has 0 bridgehead atoms. The van der Waals surface area contributed by atoms with E-state index in [1.807, 2.05) is 24.3 Å². The molecule has 2 aliphatic heterocycles. The smallest absolute Gasteiger partial charge is 0.0748 e. The van der Waals surface area contributed by atoms with E-state index in [9.17, 15) is 5.21 Å². The molecule has 14 heavy (non-hydrogen) atoms. The highest BCUT2D eigenvalue weighted by atomic mass is 16.5. The van der Waals surface area contributed by atoms with Crippen LogP contribution in [0.25, 0.3) is 22.2 Å². The van der Waals surface area contributed by atoms with Crippen LogP contribution in [0.4, 0.5) is 0 Å². The first-order chi connectivity index (χ1) is 6.84. The van der Waals surface area contributed by atoms with Crippen molar-refractivity contribution in [2.24, 2.45) is 0 Å². The number of aromatic nitrogens is 2. The average Bonchev–Trinajstić information content (AvgIpc) is 2.56. The fourth-order valence-electron chi connectivity index (χ4n) is 1.71. The van der Waals surface area contributed by atoms with Gasteiger partial charge in [0.2, 0.25) is 0 Å². The first-order valence-electron chi connectivity index (χ1n) is 4.40. The maximum atomic E-state index is 9.30. The summed E-state index contributed by atoms with van der Waals surface area (Å²) in [7, 11) is 0. The van der Waals surface area contributed by atoms with Crippen molar-refractivity contribution in [1.82, 2.24) is 9.71 Å². The summed E-state index contributed by atoms with van der Waals surface area (Å²) in [6.07, 6.45) is 3.25. The second-order valence-electron chi connectivity index (χ2n) is 3.25. The molecule has 0 atom stereocenters. The third-order valence-corrected chi connectivity index (χ3v) is 2.36. The maximum Gasteiger partial charge on any atom is 0.0748 e.